The zero-order chi connectivity index (χ0) is 18.0. The van der Waals surface area contributed by atoms with Crippen molar-refractivity contribution in [2.45, 2.75) is 58.2 Å². The quantitative estimate of drug-likeness (QED) is 0.719. The minimum atomic E-state index is -0.542. The van der Waals surface area contributed by atoms with Crippen molar-refractivity contribution in [2.75, 3.05) is 5.32 Å². The third kappa shape index (κ3) is 4.74. The number of rotatable bonds is 4. The number of hydrogen-bond acceptors (Lipinski definition) is 5. The Kier molecular flexibility index (Phi) is 5.36. The Bertz CT molecular complexity index is 750. The predicted octanol–water partition coefficient (Wildman–Crippen LogP) is 4.64. The fourth-order valence-electron chi connectivity index (χ4n) is 2.93. The van der Waals surface area contributed by atoms with Crippen LogP contribution in [0.4, 0.5) is 10.6 Å². The molecule has 0 bridgehead atoms. The molecule has 0 aromatic carbocycles. The van der Waals surface area contributed by atoms with Gasteiger partial charge in [0, 0.05) is 23.0 Å². The Balaban J connectivity index is 1.62. The van der Waals surface area contributed by atoms with Crippen molar-refractivity contribution in [1.82, 2.24) is 15.5 Å². The summed E-state index contributed by atoms with van der Waals surface area (Å²) in [5.74, 6) is 0.557. The summed E-state index contributed by atoms with van der Waals surface area (Å²) in [7, 11) is 0. The summed E-state index contributed by atoms with van der Waals surface area (Å²) < 4.78 is 6.12. The first-order chi connectivity index (χ1) is 11.8. The number of fused-ring (bicyclic) bond motifs is 1. The van der Waals surface area contributed by atoms with Crippen LogP contribution in [-0.2, 0) is 17.7 Å². The molecule has 0 saturated heterocycles. The number of carbonyl (C=O) groups excluding carboxylic acids is 1. The van der Waals surface area contributed by atoms with Crippen molar-refractivity contribution in [3.8, 4) is 0 Å². The number of nitrogens with zero attached hydrogens (tertiary/aromatic N) is 1. The monoisotopic (exact) mass is 382 g/mol. The SMILES string of the molecule is CC(C)(C)OC(=O)Nc1[nH]ncc1CNC1CCCc2sc(Cl)cc21. The Morgan fingerprint density at radius 1 is 1.52 bits per heavy atom. The van der Waals surface area contributed by atoms with Gasteiger partial charge in [0.1, 0.15) is 11.4 Å². The number of thiophene rings is 1. The number of amides is 1. The molecule has 0 fully saturated rings. The molecule has 8 heteroatoms. The second-order valence-electron chi connectivity index (χ2n) is 7.15. The van der Waals surface area contributed by atoms with E-state index in [4.69, 9.17) is 16.3 Å². The van der Waals surface area contributed by atoms with Crippen LogP contribution in [0.25, 0.3) is 0 Å². The minimum absolute atomic E-state index is 0.275. The number of nitrogens with one attached hydrogen (secondary N) is 3. The molecule has 0 spiro atoms. The van der Waals surface area contributed by atoms with E-state index in [1.54, 1.807) is 17.5 Å². The van der Waals surface area contributed by atoms with Crippen LogP contribution in [0.15, 0.2) is 12.3 Å². The lowest BCUT2D eigenvalue weighted by Gasteiger charge is -2.24. The molecule has 25 heavy (non-hydrogen) atoms. The first-order valence-corrected chi connectivity index (χ1v) is 9.55. The topological polar surface area (TPSA) is 79.0 Å². The first kappa shape index (κ1) is 18.2. The number of H-pyrrole nitrogens is 1. The average molecular weight is 383 g/mol. The number of ether oxygens (including phenoxy) is 1. The molecule has 2 aromatic rings. The lowest BCUT2D eigenvalue weighted by molar-refractivity contribution is 0.0635. The van der Waals surface area contributed by atoms with Crippen molar-refractivity contribution < 1.29 is 9.53 Å². The first-order valence-electron chi connectivity index (χ1n) is 8.35. The van der Waals surface area contributed by atoms with Crippen molar-refractivity contribution in [1.29, 1.82) is 0 Å². The predicted molar refractivity (Wildman–Crippen MR) is 100 cm³/mol. The zero-order valence-electron chi connectivity index (χ0n) is 14.6. The van der Waals surface area contributed by atoms with Crippen LogP contribution >= 0.6 is 22.9 Å². The lowest BCUT2D eigenvalue weighted by Crippen LogP contribution is -2.28. The molecule has 6 nitrogen and oxygen atoms in total. The van der Waals surface area contributed by atoms with Crippen LogP contribution in [0.5, 0.6) is 0 Å². The second-order valence-corrected chi connectivity index (χ2v) is 8.92. The Morgan fingerprint density at radius 3 is 3.08 bits per heavy atom. The molecule has 1 unspecified atom stereocenters. The highest BCUT2D eigenvalue weighted by atomic mass is 35.5. The number of aromatic amines is 1. The zero-order valence-corrected chi connectivity index (χ0v) is 16.2. The van der Waals surface area contributed by atoms with E-state index in [-0.39, 0.29) is 6.04 Å². The molecular formula is C17H23ClN4O2S. The maximum absolute atomic E-state index is 11.9. The van der Waals surface area contributed by atoms with E-state index in [1.807, 2.05) is 20.8 Å². The third-order valence-corrected chi connectivity index (χ3v) is 5.31. The van der Waals surface area contributed by atoms with Gasteiger partial charge in [0.15, 0.2) is 0 Å². The molecule has 0 aliphatic heterocycles. The maximum Gasteiger partial charge on any atom is 0.413 e. The third-order valence-electron chi connectivity index (χ3n) is 3.97. The van der Waals surface area contributed by atoms with Gasteiger partial charge >= 0.3 is 6.09 Å². The van der Waals surface area contributed by atoms with E-state index in [1.165, 1.54) is 10.4 Å². The van der Waals surface area contributed by atoms with E-state index in [0.717, 1.165) is 29.2 Å². The highest BCUT2D eigenvalue weighted by Crippen LogP contribution is 2.38. The van der Waals surface area contributed by atoms with Gasteiger partial charge in [-0.3, -0.25) is 10.4 Å². The summed E-state index contributed by atoms with van der Waals surface area (Å²) in [5, 5.41) is 13.1. The van der Waals surface area contributed by atoms with Crippen LogP contribution in [-0.4, -0.2) is 21.9 Å². The molecule has 0 radical (unpaired) electrons. The van der Waals surface area contributed by atoms with Gasteiger partial charge in [0.05, 0.1) is 10.5 Å². The Hall–Kier alpha value is -1.57. The summed E-state index contributed by atoms with van der Waals surface area (Å²) in [4.78, 5) is 13.3. The number of carbonyl (C=O) groups is 1. The summed E-state index contributed by atoms with van der Waals surface area (Å²) in [6, 6.07) is 2.34. The van der Waals surface area contributed by atoms with E-state index in [0.29, 0.717) is 12.4 Å². The second kappa shape index (κ2) is 7.35. The van der Waals surface area contributed by atoms with E-state index in [9.17, 15) is 4.79 Å². The summed E-state index contributed by atoms with van der Waals surface area (Å²) in [5.41, 5.74) is 1.64. The number of halogens is 1. The largest absolute Gasteiger partial charge is 0.444 e. The molecule has 1 atom stereocenters. The molecule has 2 heterocycles. The van der Waals surface area contributed by atoms with Crippen LogP contribution in [0.3, 0.4) is 0 Å². The fraction of sp³-hybridized carbons (Fsp3) is 0.529. The summed E-state index contributed by atoms with van der Waals surface area (Å²) >= 11 is 7.83. The smallest absolute Gasteiger partial charge is 0.413 e. The maximum atomic E-state index is 11.9. The van der Waals surface area contributed by atoms with E-state index in [2.05, 4.69) is 26.9 Å². The van der Waals surface area contributed by atoms with Gasteiger partial charge in [-0.25, -0.2) is 4.79 Å². The van der Waals surface area contributed by atoms with Gasteiger partial charge < -0.3 is 10.1 Å². The van der Waals surface area contributed by atoms with E-state index < -0.39 is 11.7 Å². The lowest BCUT2D eigenvalue weighted by atomic mass is 9.94. The molecule has 2 aromatic heterocycles. The number of aromatic nitrogens is 2. The number of anilines is 1. The Morgan fingerprint density at radius 2 is 2.32 bits per heavy atom. The minimum Gasteiger partial charge on any atom is -0.444 e. The van der Waals surface area contributed by atoms with Crippen molar-refractivity contribution in [3.05, 3.63) is 32.6 Å². The molecular weight excluding hydrogens is 360 g/mol. The molecule has 1 aliphatic carbocycles. The number of aryl methyl sites for hydroxylation is 1. The van der Waals surface area contributed by atoms with Crippen molar-refractivity contribution in [2.24, 2.45) is 0 Å². The van der Waals surface area contributed by atoms with Gasteiger partial charge in [-0.1, -0.05) is 11.6 Å². The van der Waals surface area contributed by atoms with Gasteiger partial charge in [-0.15, -0.1) is 11.3 Å². The van der Waals surface area contributed by atoms with Gasteiger partial charge in [0.25, 0.3) is 0 Å². The van der Waals surface area contributed by atoms with E-state index >= 15 is 0 Å². The fourth-order valence-corrected chi connectivity index (χ4v) is 4.31. The molecule has 3 N–H and O–H groups in total. The van der Waals surface area contributed by atoms with Crippen LogP contribution in [0.1, 0.15) is 55.7 Å². The number of hydrogen-bond donors (Lipinski definition) is 3. The van der Waals surface area contributed by atoms with Gasteiger partial charge in [0.2, 0.25) is 0 Å². The highest BCUT2D eigenvalue weighted by molar-refractivity contribution is 7.16. The normalized spacial score (nSPS) is 17.2. The molecule has 1 amide bonds. The summed E-state index contributed by atoms with van der Waals surface area (Å²) in [6.45, 7) is 6.08. The molecule has 3 rings (SSSR count). The van der Waals surface area contributed by atoms with Crippen molar-refractivity contribution >= 4 is 34.8 Å². The molecule has 1 aliphatic rings. The standard InChI is InChI=1S/C17H23ClN4O2S/c1-17(2,3)24-16(23)21-15-10(9-20-22-15)8-19-12-5-4-6-13-11(12)7-14(18)25-13/h7,9,12,19H,4-6,8H2,1-3H3,(H2,20,21,22,23). The molecule has 136 valence electrons. The Labute approximate surface area is 156 Å². The molecule has 0 saturated carbocycles. The van der Waals surface area contributed by atoms with Gasteiger partial charge in [-0.05, 0) is 51.7 Å². The highest BCUT2D eigenvalue weighted by Gasteiger charge is 2.23. The average Bonchev–Trinajstić information content (AvgIpc) is 3.08. The van der Waals surface area contributed by atoms with Gasteiger partial charge in [-0.2, -0.15) is 5.10 Å². The van der Waals surface area contributed by atoms with Crippen molar-refractivity contribution in [3.63, 3.8) is 0 Å². The van der Waals surface area contributed by atoms with Crippen LogP contribution in [0, 0.1) is 0 Å². The van der Waals surface area contributed by atoms with Crippen LogP contribution in [0.2, 0.25) is 4.34 Å². The summed E-state index contributed by atoms with van der Waals surface area (Å²) in [6.07, 6.45) is 4.54. The van der Waals surface area contributed by atoms with Crippen LogP contribution < -0.4 is 10.6 Å².